The molecular weight excluding hydrogens is 595 g/mol. The van der Waals surface area contributed by atoms with Gasteiger partial charge in [-0.3, -0.25) is 28.9 Å². The monoisotopic (exact) mass is 629 g/mol. The van der Waals surface area contributed by atoms with Crippen LogP contribution in [0.3, 0.4) is 0 Å². The van der Waals surface area contributed by atoms with Crippen LogP contribution in [0.5, 0.6) is 0 Å². The van der Waals surface area contributed by atoms with Gasteiger partial charge >= 0.3 is 18.2 Å². The van der Waals surface area contributed by atoms with Crippen molar-refractivity contribution in [2.75, 3.05) is 22.9 Å². The number of aliphatic carboxylic acids is 1. The van der Waals surface area contributed by atoms with Crippen LogP contribution in [0.1, 0.15) is 33.1 Å². The van der Waals surface area contributed by atoms with Crippen molar-refractivity contribution in [3.05, 3.63) is 36.4 Å². The lowest BCUT2D eigenvalue weighted by Crippen LogP contribution is -2.57. The largest absolute Gasteiger partial charge is 0.490 e. The number of urea groups is 1. The van der Waals surface area contributed by atoms with E-state index in [1.165, 1.54) is 29.2 Å². The van der Waals surface area contributed by atoms with Crippen LogP contribution in [0.25, 0.3) is 0 Å². The van der Waals surface area contributed by atoms with Crippen molar-refractivity contribution in [2.24, 2.45) is 23.1 Å². The number of anilines is 2. The number of amides is 7. The number of carboxylic acids is 1. The van der Waals surface area contributed by atoms with Crippen LogP contribution in [0.4, 0.5) is 29.3 Å². The number of rotatable bonds is 13. The number of carbonyl (C=O) groups is 7. The van der Waals surface area contributed by atoms with Gasteiger partial charge in [0.15, 0.2) is 0 Å². The topological polar surface area (TPSA) is 248 Å². The lowest BCUT2D eigenvalue weighted by Gasteiger charge is -2.34. The highest BCUT2D eigenvalue weighted by Crippen LogP contribution is 2.27. The van der Waals surface area contributed by atoms with Gasteiger partial charge in [-0.05, 0) is 43.0 Å². The van der Waals surface area contributed by atoms with Gasteiger partial charge in [0.25, 0.3) is 17.7 Å². The van der Waals surface area contributed by atoms with E-state index in [0.29, 0.717) is 0 Å². The zero-order valence-electron chi connectivity index (χ0n) is 23.8. The molecule has 18 heteroatoms. The van der Waals surface area contributed by atoms with Crippen molar-refractivity contribution in [2.45, 2.75) is 51.4 Å². The number of primary amides is 2. The molecule has 0 unspecified atom stereocenters. The number of imide groups is 1. The number of halogens is 3. The molecule has 0 radical (unpaired) electrons. The maximum atomic E-state index is 13.8. The summed E-state index contributed by atoms with van der Waals surface area (Å²) in [5.41, 5.74) is 16.8. The van der Waals surface area contributed by atoms with Gasteiger partial charge in [-0.25, -0.2) is 14.5 Å². The molecule has 0 saturated carbocycles. The Balaban J connectivity index is 0.00000123. The number of benzene rings is 1. The van der Waals surface area contributed by atoms with E-state index < -0.39 is 59.8 Å². The average Bonchev–Trinajstić information content (AvgIpc) is 3.26. The smallest absolute Gasteiger partial charge is 0.475 e. The molecule has 1 aliphatic heterocycles. The lowest BCUT2D eigenvalue weighted by atomic mass is 9.99. The minimum atomic E-state index is -5.08. The van der Waals surface area contributed by atoms with Gasteiger partial charge in [-0.1, -0.05) is 13.8 Å². The first-order valence-electron chi connectivity index (χ1n) is 13.0. The van der Waals surface area contributed by atoms with Crippen LogP contribution in [0.15, 0.2) is 36.4 Å². The van der Waals surface area contributed by atoms with E-state index in [-0.39, 0.29) is 49.6 Å². The van der Waals surface area contributed by atoms with Crippen molar-refractivity contribution >= 4 is 52.9 Å². The summed E-state index contributed by atoms with van der Waals surface area (Å²) in [5, 5.41) is 12.2. The maximum absolute atomic E-state index is 13.8. The second-order valence-corrected chi connectivity index (χ2v) is 9.55. The molecule has 0 aromatic heterocycles. The number of carbonyl (C=O) groups excluding carboxylic acids is 6. The van der Waals surface area contributed by atoms with Crippen molar-refractivity contribution in [3.8, 4) is 0 Å². The lowest BCUT2D eigenvalue weighted by molar-refractivity contribution is -0.192. The van der Waals surface area contributed by atoms with E-state index in [1.54, 1.807) is 13.8 Å². The molecular formula is C26H34F3N7O8. The third kappa shape index (κ3) is 11.0. The third-order valence-electron chi connectivity index (χ3n) is 5.89. The first-order chi connectivity index (χ1) is 20.4. The van der Waals surface area contributed by atoms with Gasteiger partial charge in [0.05, 0.1) is 5.69 Å². The van der Waals surface area contributed by atoms with Crippen LogP contribution in [0, 0.1) is 5.92 Å². The summed E-state index contributed by atoms with van der Waals surface area (Å²) in [6, 6.07) is 2.99. The first kappa shape index (κ1) is 37.0. The zero-order valence-corrected chi connectivity index (χ0v) is 23.8. The summed E-state index contributed by atoms with van der Waals surface area (Å²) < 4.78 is 31.7. The fourth-order valence-corrected chi connectivity index (χ4v) is 3.82. The molecule has 0 saturated heterocycles. The Bertz CT molecular complexity index is 1250. The van der Waals surface area contributed by atoms with Crippen molar-refractivity contribution in [1.82, 2.24) is 10.6 Å². The average molecular weight is 630 g/mol. The van der Waals surface area contributed by atoms with Crippen LogP contribution in [-0.2, 0) is 28.8 Å². The van der Waals surface area contributed by atoms with Crippen LogP contribution in [0.2, 0.25) is 0 Å². The second kappa shape index (κ2) is 16.6. The number of alkyl halides is 3. The third-order valence-corrected chi connectivity index (χ3v) is 5.89. The highest BCUT2D eigenvalue weighted by atomic mass is 19.4. The number of nitrogens with two attached hydrogens (primary N) is 3. The summed E-state index contributed by atoms with van der Waals surface area (Å²) >= 11 is 0. The molecule has 0 fully saturated rings. The molecule has 15 nitrogen and oxygen atoms in total. The van der Waals surface area contributed by atoms with Crippen molar-refractivity contribution in [3.63, 3.8) is 0 Å². The second-order valence-electron chi connectivity index (χ2n) is 9.55. The van der Waals surface area contributed by atoms with Gasteiger partial charge < -0.3 is 32.9 Å². The van der Waals surface area contributed by atoms with E-state index in [9.17, 15) is 41.9 Å². The Morgan fingerprint density at radius 3 is 1.93 bits per heavy atom. The number of carboxylic acid groups (broad SMARTS) is 1. The number of nitrogens with zero attached hydrogens (tertiary/aromatic N) is 2. The molecule has 1 aliphatic rings. The Morgan fingerprint density at radius 2 is 1.52 bits per heavy atom. The molecule has 1 aromatic carbocycles. The van der Waals surface area contributed by atoms with Gasteiger partial charge in [0.1, 0.15) is 12.1 Å². The van der Waals surface area contributed by atoms with Gasteiger partial charge in [-0.15, -0.1) is 0 Å². The molecule has 1 aromatic rings. The predicted octanol–water partition coefficient (Wildman–Crippen LogP) is -0.126. The van der Waals surface area contributed by atoms with Crippen molar-refractivity contribution in [1.29, 1.82) is 0 Å². The summed E-state index contributed by atoms with van der Waals surface area (Å²) in [6.07, 6.45) is -2.43. The van der Waals surface area contributed by atoms with E-state index >= 15 is 0 Å². The highest BCUT2D eigenvalue weighted by Gasteiger charge is 2.38. The van der Waals surface area contributed by atoms with E-state index in [0.717, 1.165) is 17.1 Å². The number of hydrogen-bond donors (Lipinski definition) is 6. The Morgan fingerprint density at radius 1 is 1.00 bits per heavy atom. The van der Waals surface area contributed by atoms with Crippen LogP contribution < -0.4 is 37.6 Å². The molecule has 9 N–H and O–H groups in total. The quantitative estimate of drug-likeness (QED) is 0.125. The minimum Gasteiger partial charge on any atom is -0.475 e. The highest BCUT2D eigenvalue weighted by molar-refractivity contribution is 6.28. The minimum absolute atomic E-state index is 0.00909. The molecule has 0 spiro atoms. The SMILES string of the molecule is CC(C)[C@H](NC(=O)CCN)C(=O)N(c1ccc(N2C(=O)C=CC2=O)cc1)[C@@H](CCCNC(N)=O)C(N)=O.O=C(O)C(F)(F)F. The molecule has 44 heavy (non-hydrogen) atoms. The Hall–Kier alpha value is -5.00. The predicted molar refractivity (Wildman–Crippen MR) is 149 cm³/mol. The van der Waals surface area contributed by atoms with Gasteiger partial charge in [-0.2, -0.15) is 13.2 Å². The number of nitrogens with one attached hydrogen (secondary N) is 2. The summed E-state index contributed by atoms with van der Waals surface area (Å²) in [6.45, 7) is 3.71. The molecule has 0 aliphatic carbocycles. The van der Waals surface area contributed by atoms with E-state index in [2.05, 4.69) is 10.6 Å². The summed E-state index contributed by atoms with van der Waals surface area (Å²) in [4.78, 5) is 84.7. The maximum Gasteiger partial charge on any atom is 0.490 e. The standard InChI is InChI=1S/C24H33N7O6.C2HF3O2/c1-14(2)21(29-18(32)11-12-25)23(36)30(17(22(26)35)4-3-13-28-24(27)37)15-5-7-16(8-6-15)31-19(33)9-10-20(31)34;3-2(4,5)1(6)7/h5-10,14,17,21H,3-4,11-13,25H2,1-2H3,(H2,26,35)(H,29,32)(H3,27,28,37);(H,6,7)/t17-,21-;/m0./s1. The molecule has 242 valence electrons. The molecule has 2 rings (SSSR count). The Kier molecular flexibility index (Phi) is 14.0. The number of hydrogen-bond acceptors (Lipinski definition) is 8. The summed E-state index contributed by atoms with van der Waals surface area (Å²) in [5.74, 6) is -5.95. The van der Waals surface area contributed by atoms with E-state index in [4.69, 9.17) is 27.1 Å². The summed E-state index contributed by atoms with van der Waals surface area (Å²) in [7, 11) is 0. The van der Waals surface area contributed by atoms with E-state index in [1.807, 2.05) is 0 Å². The first-order valence-corrected chi connectivity index (χ1v) is 13.0. The van der Waals surface area contributed by atoms with Crippen molar-refractivity contribution < 1.29 is 51.8 Å². The van der Waals surface area contributed by atoms with Crippen LogP contribution in [-0.4, -0.2) is 78.0 Å². The van der Waals surface area contributed by atoms with Gasteiger partial charge in [0.2, 0.25) is 11.8 Å². The fourth-order valence-electron chi connectivity index (χ4n) is 3.82. The van der Waals surface area contributed by atoms with Crippen LogP contribution >= 0.6 is 0 Å². The normalized spacial score (nSPS) is 13.9. The fraction of sp³-hybridized carbons (Fsp3) is 0.423. The zero-order chi connectivity index (χ0) is 33.8. The Labute approximate surface area is 249 Å². The molecule has 1 heterocycles. The molecule has 2 atom stereocenters. The molecule has 0 bridgehead atoms. The van der Waals surface area contributed by atoms with Gasteiger partial charge in [0, 0.05) is 37.3 Å². The molecule has 7 amide bonds.